The lowest BCUT2D eigenvalue weighted by Crippen LogP contribution is -2.01. The second kappa shape index (κ2) is 4.71. The zero-order valence-electron chi connectivity index (χ0n) is 9.66. The first-order chi connectivity index (χ1) is 8.06. The molecule has 2 aromatic rings. The van der Waals surface area contributed by atoms with Gasteiger partial charge in [0.1, 0.15) is 5.82 Å². The Morgan fingerprint density at radius 3 is 2.76 bits per heavy atom. The number of benzene rings is 1. The summed E-state index contributed by atoms with van der Waals surface area (Å²) in [4.78, 5) is 8.04. The molecule has 0 bridgehead atoms. The van der Waals surface area contributed by atoms with Gasteiger partial charge in [-0.25, -0.2) is 4.98 Å². The van der Waals surface area contributed by atoms with Gasteiger partial charge in [0.05, 0.1) is 4.47 Å². The average Bonchev–Trinajstić information content (AvgIpc) is 2.27. The molecule has 17 heavy (non-hydrogen) atoms. The molecule has 4 nitrogen and oxygen atoms in total. The van der Waals surface area contributed by atoms with E-state index in [1.807, 2.05) is 19.1 Å². The highest BCUT2D eigenvalue weighted by atomic mass is 79.9. The molecule has 1 heterocycles. The van der Waals surface area contributed by atoms with Crippen LogP contribution < -0.4 is 11.1 Å². The van der Waals surface area contributed by atoms with Crippen molar-refractivity contribution in [2.75, 3.05) is 11.1 Å². The summed E-state index contributed by atoms with van der Waals surface area (Å²) in [5.41, 5.74) is 8.96. The lowest BCUT2D eigenvalue weighted by Gasteiger charge is -2.10. The number of nitrogens with two attached hydrogens (primary N) is 1. The number of anilines is 3. The van der Waals surface area contributed by atoms with E-state index in [1.54, 1.807) is 6.20 Å². The van der Waals surface area contributed by atoms with Gasteiger partial charge in [-0.1, -0.05) is 17.7 Å². The Balaban J connectivity index is 2.34. The van der Waals surface area contributed by atoms with E-state index in [-0.39, 0.29) is 5.95 Å². The third-order valence-corrected chi connectivity index (χ3v) is 2.98. The minimum absolute atomic E-state index is 0.250. The molecule has 0 aliphatic rings. The third kappa shape index (κ3) is 2.74. The Kier molecular flexibility index (Phi) is 3.28. The van der Waals surface area contributed by atoms with Gasteiger partial charge in [-0.3, -0.25) is 0 Å². The summed E-state index contributed by atoms with van der Waals surface area (Å²) >= 11 is 3.38. The Labute approximate surface area is 108 Å². The average molecular weight is 293 g/mol. The number of aryl methyl sites for hydroxylation is 2. The van der Waals surface area contributed by atoms with Gasteiger partial charge in [-0.2, -0.15) is 4.98 Å². The molecule has 5 heteroatoms. The molecule has 0 saturated carbocycles. The van der Waals surface area contributed by atoms with Gasteiger partial charge < -0.3 is 11.1 Å². The van der Waals surface area contributed by atoms with E-state index in [1.165, 1.54) is 5.56 Å². The summed E-state index contributed by atoms with van der Waals surface area (Å²) in [6.07, 6.45) is 1.63. The first-order valence-corrected chi connectivity index (χ1v) is 5.98. The number of aromatic nitrogens is 2. The Bertz CT molecular complexity index is 554. The van der Waals surface area contributed by atoms with E-state index in [4.69, 9.17) is 5.73 Å². The molecule has 0 atom stereocenters. The van der Waals surface area contributed by atoms with Gasteiger partial charge in [-0.15, -0.1) is 0 Å². The quantitative estimate of drug-likeness (QED) is 0.892. The fourth-order valence-electron chi connectivity index (χ4n) is 1.55. The van der Waals surface area contributed by atoms with Gasteiger partial charge in [0, 0.05) is 11.9 Å². The predicted octanol–water partition coefficient (Wildman–Crippen LogP) is 3.18. The van der Waals surface area contributed by atoms with Gasteiger partial charge in [0.15, 0.2) is 0 Å². The monoisotopic (exact) mass is 292 g/mol. The minimum Gasteiger partial charge on any atom is -0.368 e. The highest BCUT2D eigenvalue weighted by Gasteiger charge is 2.05. The second-order valence-corrected chi connectivity index (χ2v) is 4.72. The summed E-state index contributed by atoms with van der Waals surface area (Å²) in [5, 5.41) is 3.23. The van der Waals surface area contributed by atoms with Crippen molar-refractivity contribution in [3.05, 3.63) is 40.0 Å². The molecule has 1 aromatic carbocycles. The summed E-state index contributed by atoms with van der Waals surface area (Å²) in [6.45, 7) is 4.11. The van der Waals surface area contributed by atoms with Crippen molar-refractivity contribution in [3.63, 3.8) is 0 Å². The number of nitrogens with one attached hydrogen (secondary N) is 1. The molecule has 3 N–H and O–H groups in total. The van der Waals surface area contributed by atoms with Crippen LogP contribution in [0.5, 0.6) is 0 Å². The van der Waals surface area contributed by atoms with Crippen LogP contribution in [0.25, 0.3) is 0 Å². The van der Waals surface area contributed by atoms with E-state index in [0.717, 1.165) is 15.7 Å². The fraction of sp³-hybridized carbons (Fsp3) is 0.167. The third-order valence-electron chi connectivity index (χ3n) is 2.40. The van der Waals surface area contributed by atoms with Crippen molar-refractivity contribution in [2.45, 2.75) is 13.8 Å². The van der Waals surface area contributed by atoms with Crippen molar-refractivity contribution in [3.8, 4) is 0 Å². The predicted molar refractivity (Wildman–Crippen MR) is 73.3 cm³/mol. The maximum Gasteiger partial charge on any atom is 0.222 e. The topological polar surface area (TPSA) is 63.8 Å². The molecule has 0 aliphatic carbocycles. The van der Waals surface area contributed by atoms with Crippen molar-refractivity contribution in [1.82, 2.24) is 9.97 Å². The van der Waals surface area contributed by atoms with Crippen LogP contribution in [-0.2, 0) is 0 Å². The molecular weight excluding hydrogens is 280 g/mol. The highest BCUT2D eigenvalue weighted by molar-refractivity contribution is 9.10. The van der Waals surface area contributed by atoms with Crippen molar-refractivity contribution < 1.29 is 0 Å². The number of hydrogen-bond acceptors (Lipinski definition) is 4. The van der Waals surface area contributed by atoms with Crippen LogP contribution in [0.4, 0.5) is 17.5 Å². The zero-order chi connectivity index (χ0) is 12.4. The molecule has 2 rings (SSSR count). The molecule has 1 aromatic heterocycles. The smallest absolute Gasteiger partial charge is 0.222 e. The van der Waals surface area contributed by atoms with Crippen LogP contribution >= 0.6 is 15.9 Å². The number of halogens is 1. The molecule has 88 valence electrons. The Hall–Kier alpha value is -1.62. The lowest BCUT2D eigenvalue weighted by atomic mass is 10.1. The number of nitrogens with zero attached hydrogens (tertiary/aromatic N) is 2. The van der Waals surface area contributed by atoms with Crippen molar-refractivity contribution >= 4 is 33.4 Å². The van der Waals surface area contributed by atoms with Gasteiger partial charge in [0.25, 0.3) is 0 Å². The molecule has 0 saturated heterocycles. The molecule has 0 spiro atoms. The first kappa shape index (κ1) is 11.9. The summed E-state index contributed by atoms with van der Waals surface area (Å²) in [5.74, 6) is 0.921. The first-order valence-electron chi connectivity index (χ1n) is 5.18. The Morgan fingerprint density at radius 2 is 2.06 bits per heavy atom. The maximum atomic E-state index is 5.56. The van der Waals surface area contributed by atoms with Crippen LogP contribution in [0.1, 0.15) is 11.1 Å². The van der Waals surface area contributed by atoms with Crippen LogP contribution in [-0.4, -0.2) is 9.97 Å². The highest BCUT2D eigenvalue weighted by Crippen LogP contribution is 2.25. The summed E-state index contributed by atoms with van der Waals surface area (Å²) in [6, 6.07) is 6.18. The molecule has 0 fully saturated rings. The number of hydrogen-bond donors (Lipinski definition) is 2. The molecule has 0 amide bonds. The van der Waals surface area contributed by atoms with Crippen LogP contribution in [0.15, 0.2) is 28.9 Å². The van der Waals surface area contributed by atoms with Gasteiger partial charge in [-0.05, 0) is 41.4 Å². The molecule has 0 radical (unpaired) electrons. The van der Waals surface area contributed by atoms with E-state index in [2.05, 4.69) is 44.2 Å². The van der Waals surface area contributed by atoms with E-state index in [9.17, 15) is 0 Å². The largest absolute Gasteiger partial charge is 0.368 e. The van der Waals surface area contributed by atoms with Gasteiger partial charge in [0.2, 0.25) is 5.95 Å². The van der Waals surface area contributed by atoms with Crippen molar-refractivity contribution in [2.24, 2.45) is 0 Å². The van der Waals surface area contributed by atoms with Crippen LogP contribution in [0, 0.1) is 13.8 Å². The van der Waals surface area contributed by atoms with Gasteiger partial charge >= 0.3 is 0 Å². The maximum absolute atomic E-state index is 5.56. The van der Waals surface area contributed by atoms with E-state index >= 15 is 0 Å². The van der Waals surface area contributed by atoms with Crippen molar-refractivity contribution in [1.29, 1.82) is 0 Å². The lowest BCUT2D eigenvalue weighted by molar-refractivity contribution is 1.17. The van der Waals surface area contributed by atoms with Crippen LogP contribution in [0.3, 0.4) is 0 Å². The standard InChI is InChI=1S/C12H13BrN4/c1-7-3-4-10(8(2)5-7)16-11-9(13)6-15-12(14)17-11/h3-6H,1-2H3,(H3,14,15,16,17). The molecular formula is C12H13BrN4. The molecule has 0 unspecified atom stereocenters. The van der Waals surface area contributed by atoms with Crippen LogP contribution in [0.2, 0.25) is 0 Å². The Morgan fingerprint density at radius 1 is 1.29 bits per heavy atom. The number of rotatable bonds is 2. The molecule has 0 aliphatic heterocycles. The SMILES string of the molecule is Cc1ccc(Nc2nc(N)ncc2Br)c(C)c1. The van der Waals surface area contributed by atoms with E-state index in [0.29, 0.717) is 5.82 Å². The second-order valence-electron chi connectivity index (χ2n) is 3.87. The minimum atomic E-state index is 0.250. The summed E-state index contributed by atoms with van der Waals surface area (Å²) < 4.78 is 0.784. The fourth-order valence-corrected chi connectivity index (χ4v) is 1.84. The number of nitrogen functional groups attached to an aromatic ring is 1. The van der Waals surface area contributed by atoms with E-state index < -0.39 is 0 Å². The normalized spacial score (nSPS) is 10.3. The summed E-state index contributed by atoms with van der Waals surface area (Å²) in [7, 11) is 0. The zero-order valence-corrected chi connectivity index (χ0v) is 11.2.